The molecule has 9 N–H and O–H groups in total. The molecule has 0 aromatic heterocycles. The maximum absolute atomic E-state index is 12.2. The molecule has 0 heterocycles. The monoisotopic (exact) mass is 417 g/mol. The van der Waals surface area contributed by atoms with Crippen molar-refractivity contribution >= 4 is 35.6 Å². The predicted molar refractivity (Wildman–Crippen MR) is 98.0 cm³/mol. The summed E-state index contributed by atoms with van der Waals surface area (Å²) in [4.78, 5) is 68.7. The van der Waals surface area contributed by atoms with Crippen LogP contribution in [-0.4, -0.2) is 70.5 Å². The molecule has 0 aliphatic carbocycles. The summed E-state index contributed by atoms with van der Waals surface area (Å²) < 4.78 is 0. The molecule has 0 bridgehead atoms. The molecule has 4 amide bonds. The Morgan fingerprint density at radius 1 is 0.931 bits per heavy atom. The molecule has 0 saturated heterocycles. The minimum atomic E-state index is -1.48. The molecule has 0 aliphatic heterocycles. The van der Waals surface area contributed by atoms with Crippen molar-refractivity contribution in [1.29, 1.82) is 0 Å². The fourth-order valence-electron chi connectivity index (χ4n) is 2.03. The van der Waals surface area contributed by atoms with Gasteiger partial charge in [0.15, 0.2) is 0 Å². The van der Waals surface area contributed by atoms with Crippen molar-refractivity contribution in [2.45, 2.75) is 51.2 Å². The van der Waals surface area contributed by atoms with Crippen LogP contribution < -0.4 is 27.4 Å². The van der Waals surface area contributed by atoms with Crippen molar-refractivity contribution < 1.29 is 39.0 Å². The van der Waals surface area contributed by atoms with E-state index in [1.54, 1.807) is 13.8 Å². The number of carbonyl (C=O) groups is 6. The summed E-state index contributed by atoms with van der Waals surface area (Å²) in [5.41, 5.74) is 10.6. The molecule has 0 aliphatic rings. The smallest absolute Gasteiger partial charge is 0.326 e. The van der Waals surface area contributed by atoms with E-state index >= 15 is 0 Å². The number of carboxylic acid groups (broad SMARTS) is 2. The van der Waals surface area contributed by atoms with E-state index in [1.165, 1.54) is 0 Å². The number of hydrogen-bond acceptors (Lipinski definition) is 7. The average molecular weight is 417 g/mol. The summed E-state index contributed by atoms with van der Waals surface area (Å²) in [7, 11) is 0. The van der Waals surface area contributed by atoms with Gasteiger partial charge in [-0.25, -0.2) is 4.79 Å². The molecular formula is C16H27N5O8. The van der Waals surface area contributed by atoms with Gasteiger partial charge in [0.2, 0.25) is 23.6 Å². The average Bonchev–Trinajstić information content (AvgIpc) is 2.60. The van der Waals surface area contributed by atoms with Crippen LogP contribution in [0.15, 0.2) is 0 Å². The Kier molecular flexibility index (Phi) is 10.9. The number of hydrogen-bond donors (Lipinski definition) is 7. The van der Waals surface area contributed by atoms with Gasteiger partial charge in [0, 0.05) is 6.42 Å². The minimum Gasteiger partial charge on any atom is -0.481 e. The number of carbonyl (C=O) groups excluding carboxylic acids is 4. The van der Waals surface area contributed by atoms with E-state index in [-0.39, 0.29) is 18.8 Å². The normalized spacial score (nSPS) is 13.7. The predicted octanol–water partition coefficient (Wildman–Crippen LogP) is -3.12. The standard InChI is InChI=1S/C16H27N5O8/c1-7(2)13(18)15(27)21-9(5-12(24)25)14(26)19-6-11(23)20-8(16(28)29)3-4-10(17)22/h7-9,13H,3-6,18H2,1-2H3,(H2,17,22)(H,19,26)(H,20,23)(H,21,27)(H,24,25)(H,28,29). The van der Waals surface area contributed by atoms with Crippen LogP contribution >= 0.6 is 0 Å². The third-order valence-corrected chi connectivity index (χ3v) is 3.77. The summed E-state index contributed by atoms with van der Waals surface area (Å²) in [6.45, 7) is 2.65. The van der Waals surface area contributed by atoms with E-state index in [0.717, 1.165) is 0 Å². The Bertz CT molecular complexity index is 651. The lowest BCUT2D eigenvalue weighted by Gasteiger charge is -2.21. The number of nitrogens with two attached hydrogens (primary N) is 2. The number of amides is 4. The van der Waals surface area contributed by atoms with Crippen molar-refractivity contribution in [3.8, 4) is 0 Å². The molecule has 0 saturated carbocycles. The molecule has 13 heteroatoms. The number of nitrogens with one attached hydrogen (secondary N) is 3. The Morgan fingerprint density at radius 2 is 1.52 bits per heavy atom. The summed E-state index contributed by atoms with van der Waals surface area (Å²) in [5.74, 6) is -6.36. The summed E-state index contributed by atoms with van der Waals surface area (Å²) in [6.07, 6.45) is -1.26. The second-order valence-electron chi connectivity index (χ2n) is 6.61. The van der Waals surface area contributed by atoms with Crippen molar-refractivity contribution in [2.24, 2.45) is 17.4 Å². The molecule has 164 valence electrons. The van der Waals surface area contributed by atoms with Crippen molar-refractivity contribution in [3.05, 3.63) is 0 Å². The lowest BCUT2D eigenvalue weighted by atomic mass is 10.0. The Morgan fingerprint density at radius 3 is 1.97 bits per heavy atom. The van der Waals surface area contributed by atoms with Crippen LogP contribution in [0.2, 0.25) is 0 Å². The zero-order chi connectivity index (χ0) is 22.7. The minimum absolute atomic E-state index is 0.241. The van der Waals surface area contributed by atoms with Crippen LogP contribution in [0.25, 0.3) is 0 Å². The maximum atomic E-state index is 12.2. The van der Waals surface area contributed by atoms with Crippen molar-refractivity contribution in [3.63, 3.8) is 0 Å². The molecule has 0 aromatic carbocycles. The maximum Gasteiger partial charge on any atom is 0.326 e. The molecule has 0 spiro atoms. The molecular weight excluding hydrogens is 390 g/mol. The topological polar surface area (TPSA) is 231 Å². The van der Waals surface area contributed by atoms with Gasteiger partial charge in [0.25, 0.3) is 0 Å². The second-order valence-corrected chi connectivity index (χ2v) is 6.61. The molecule has 0 rings (SSSR count). The van der Waals surface area contributed by atoms with Gasteiger partial charge in [-0.15, -0.1) is 0 Å². The highest BCUT2D eigenvalue weighted by molar-refractivity contribution is 5.94. The van der Waals surface area contributed by atoms with Gasteiger partial charge in [-0.05, 0) is 12.3 Å². The molecule has 29 heavy (non-hydrogen) atoms. The van der Waals surface area contributed by atoms with Crippen LogP contribution in [0.1, 0.15) is 33.1 Å². The van der Waals surface area contributed by atoms with Gasteiger partial charge >= 0.3 is 11.9 Å². The fraction of sp³-hybridized carbons (Fsp3) is 0.625. The SMILES string of the molecule is CC(C)C(N)C(=O)NC(CC(=O)O)C(=O)NCC(=O)NC(CCC(N)=O)C(=O)O. The Labute approximate surface area is 166 Å². The van der Waals surface area contributed by atoms with Crippen LogP contribution in [0.5, 0.6) is 0 Å². The van der Waals surface area contributed by atoms with Gasteiger partial charge in [0.05, 0.1) is 19.0 Å². The number of aliphatic carboxylic acids is 2. The Hall–Kier alpha value is -3.22. The zero-order valence-electron chi connectivity index (χ0n) is 16.1. The highest BCUT2D eigenvalue weighted by Gasteiger charge is 2.28. The van der Waals surface area contributed by atoms with Crippen molar-refractivity contribution in [1.82, 2.24) is 16.0 Å². The molecule has 0 radical (unpaired) electrons. The highest BCUT2D eigenvalue weighted by atomic mass is 16.4. The zero-order valence-corrected chi connectivity index (χ0v) is 16.1. The third-order valence-electron chi connectivity index (χ3n) is 3.77. The summed E-state index contributed by atoms with van der Waals surface area (Å²) in [6, 6.07) is -3.85. The Balaban J connectivity index is 4.85. The molecule has 0 aromatic rings. The quantitative estimate of drug-likeness (QED) is 0.160. The first-order valence-corrected chi connectivity index (χ1v) is 8.71. The first-order chi connectivity index (χ1) is 13.3. The summed E-state index contributed by atoms with van der Waals surface area (Å²) in [5, 5.41) is 24.3. The van der Waals surface area contributed by atoms with E-state index in [0.29, 0.717) is 0 Å². The third kappa shape index (κ3) is 10.6. The van der Waals surface area contributed by atoms with Gasteiger partial charge in [-0.2, -0.15) is 0 Å². The first kappa shape index (κ1) is 25.8. The molecule has 3 atom stereocenters. The van der Waals surface area contributed by atoms with E-state index in [2.05, 4.69) is 16.0 Å². The molecule has 3 unspecified atom stereocenters. The van der Waals surface area contributed by atoms with E-state index < -0.39 is 66.7 Å². The number of carboxylic acids is 2. The molecule has 0 fully saturated rings. The number of rotatable bonds is 13. The first-order valence-electron chi connectivity index (χ1n) is 8.71. The van der Waals surface area contributed by atoms with Gasteiger partial charge in [0.1, 0.15) is 12.1 Å². The fourth-order valence-corrected chi connectivity index (χ4v) is 2.03. The van der Waals surface area contributed by atoms with E-state index in [4.69, 9.17) is 21.7 Å². The van der Waals surface area contributed by atoms with Crippen LogP contribution in [-0.2, 0) is 28.8 Å². The second kappa shape index (κ2) is 12.3. The van der Waals surface area contributed by atoms with Crippen molar-refractivity contribution in [2.75, 3.05) is 6.54 Å². The van der Waals surface area contributed by atoms with Crippen LogP contribution in [0.3, 0.4) is 0 Å². The van der Waals surface area contributed by atoms with Gasteiger partial charge in [-0.1, -0.05) is 13.8 Å². The lowest BCUT2D eigenvalue weighted by molar-refractivity contribution is -0.143. The largest absolute Gasteiger partial charge is 0.481 e. The van der Waals surface area contributed by atoms with E-state index in [9.17, 15) is 28.8 Å². The molecule has 13 nitrogen and oxygen atoms in total. The van der Waals surface area contributed by atoms with Crippen LogP contribution in [0, 0.1) is 5.92 Å². The van der Waals surface area contributed by atoms with Gasteiger partial charge < -0.3 is 37.6 Å². The lowest BCUT2D eigenvalue weighted by Crippen LogP contribution is -2.55. The van der Waals surface area contributed by atoms with Gasteiger partial charge in [-0.3, -0.25) is 24.0 Å². The van der Waals surface area contributed by atoms with E-state index in [1.807, 2.05) is 0 Å². The summed E-state index contributed by atoms with van der Waals surface area (Å²) >= 11 is 0. The highest BCUT2D eigenvalue weighted by Crippen LogP contribution is 2.01. The number of primary amides is 1. The van der Waals surface area contributed by atoms with Crippen LogP contribution in [0.4, 0.5) is 0 Å².